The molecular weight excluding hydrogens is 192 g/mol. The summed E-state index contributed by atoms with van der Waals surface area (Å²) in [5, 5.41) is 3.35. The highest BCUT2D eigenvalue weighted by atomic mass is 16.5. The quantitative estimate of drug-likeness (QED) is 0.757. The lowest BCUT2D eigenvalue weighted by Crippen LogP contribution is -2.28. The van der Waals surface area contributed by atoms with E-state index >= 15 is 0 Å². The third-order valence-corrected chi connectivity index (χ3v) is 2.44. The highest BCUT2D eigenvalue weighted by Gasteiger charge is 2.14. The van der Waals surface area contributed by atoms with Gasteiger partial charge in [-0.1, -0.05) is 0 Å². The molecule has 2 heterocycles. The van der Waals surface area contributed by atoms with E-state index in [1.807, 2.05) is 13.0 Å². The lowest BCUT2D eigenvalue weighted by atomic mass is 10.1. The number of hydrogen-bond acceptors (Lipinski definition) is 5. The Kier molecular flexibility index (Phi) is 3.01. The zero-order valence-corrected chi connectivity index (χ0v) is 8.86. The second-order valence-corrected chi connectivity index (χ2v) is 3.78. The Morgan fingerprint density at radius 1 is 1.40 bits per heavy atom. The van der Waals surface area contributed by atoms with Crippen LogP contribution in [0.2, 0.25) is 0 Å². The number of nitrogen functional groups attached to an aromatic ring is 1. The van der Waals surface area contributed by atoms with Gasteiger partial charge in [-0.05, 0) is 19.8 Å². The number of ether oxygens (including phenoxy) is 1. The number of nitrogens with zero attached hydrogens (tertiary/aromatic N) is 2. The van der Waals surface area contributed by atoms with Crippen molar-refractivity contribution in [1.29, 1.82) is 0 Å². The highest BCUT2D eigenvalue weighted by molar-refractivity contribution is 5.41. The first-order valence-electron chi connectivity index (χ1n) is 5.19. The van der Waals surface area contributed by atoms with Crippen LogP contribution in [0.3, 0.4) is 0 Å². The number of aryl methyl sites for hydroxylation is 1. The van der Waals surface area contributed by atoms with Crippen LogP contribution in [0.1, 0.15) is 18.5 Å². The van der Waals surface area contributed by atoms with Gasteiger partial charge in [0.25, 0.3) is 0 Å². The van der Waals surface area contributed by atoms with Crippen molar-refractivity contribution in [2.45, 2.75) is 25.8 Å². The fraction of sp³-hybridized carbons (Fsp3) is 0.600. The van der Waals surface area contributed by atoms with Gasteiger partial charge in [0.15, 0.2) is 0 Å². The molecule has 1 saturated heterocycles. The smallest absolute Gasteiger partial charge is 0.222 e. The zero-order chi connectivity index (χ0) is 10.7. The summed E-state index contributed by atoms with van der Waals surface area (Å²) in [5.41, 5.74) is 6.46. The Balaban J connectivity index is 2.02. The van der Waals surface area contributed by atoms with Crippen LogP contribution in [0.5, 0.6) is 0 Å². The summed E-state index contributed by atoms with van der Waals surface area (Å²) in [6.07, 6.45) is 2.03. The summed E-state index contributed by atoms with van der Waals surface area (Å²) in [6, 6.07) is 2.35. The zero-order valence-electron chi connectivity index (χ0n) is 8.86. The molecule has 0 saturated carbocycles. The van der Waals surface area contributed by atoms with Crippen molar-refractivity contribution in [3.8, 4) is 0 Å². The van der Waals surface area contributed by atoms with Crippen LogP contribution in [0, 0.1) is 6.92 Å². The van der Waals surface area contributed by atoms with E-state index < -0.39 is 0 Å². The summed E-state index contributed by atoms with van der Waals surface area (Å²) in [6.45, 7) is 3.54. The predicted molar refractivity (Wildman–Crippen MR) is 58.6 cm³/mol. The molecule has 0 radical (unpaired) electrons. The molecule has 1 fully saturated rings. The van der Waals surface area contributed by atoms with Crippen molar-refractivity contribution in [3.05, 3.63) is 11.8 Å². The second-order valence-electron chi connectivity index (χ2n) is 3.78. The fourth-order valence-electron chi connectivity index (χ4n) is 1.72. The molecule has 5 heteroatoms. The van der Waals surface area contributed by atoms with Crippen LogP contribution in [0.15, 0.2) is 6.07 Å². The van der Waals surface area contributed by atoms with E-state index in [0.717, 1.165) is 37.6 Å². The number of rotatable bonds is 2. The van der Waals surface area contributed by atoms with Crippen molar-refractivity contribution in [2.24, 2.45) is 0 Å². The molecule has 2 rings (SSSR count). The largest absolute Gasteiger partial charge is 0.381 e. The summed E-state index contributed by atoms with van der Waals surface area (Å²) in [4.78, 5) is 8.17. The van der Waals surface area contributed by atoms with Gasteiger partial charge in [-0.2, -0.15) is 4.98 Å². The highest BCUT2D eigenvalue weighted by Crippen LogP contribution is 2.14. The molecule has 0 aromatic carbocycles. The van der Waals surface area contributed by atoms with Crippen LogP contribution < -0.4 is 11.1 Å². The molecule has 1 aromatic heterocycles. The standard InChI is InChI=1S/C10H16N4O/c1-7-6-9(14-10(11)12-7)13-8-2-4-15-5-3-8/h6,8H,2-5H2,1H3,(H3,11,12,13,14). The third kappa shape index (κ3) is 2.79. The monoisotopic (exact) mass is 208 g/mol. The van der Waals surface area contributed by atoms with Gasteiger partial charge in [-0.3, -0.25) is 0 Å². The maximum Gasteiger partial charge on any atom is 0.222 e. The number of anilines is 2. The molecule has 0 spiro atoms. The molecule has 0 amide bonds. The fourth-order valence-corrected chi connectivity index (χ4v) is 1.72. The summed E-state index contributed by atoms with van der Waals surface area (Å²) in [7, 11) is 0. The SMILES string of the molecule is Cc1cc(NC2CCOCC2)nc(N)n1. The maximum atomic E-state index is 5.58. The second kappa shape index (κ2) is 4.44. The first-order valence-corrected chi connectivity index (χ1v) is 5.19. The van der Waals surface area contributed by atoms with Gasteiger partial charge < -0.3 is 15.8 Å². The Hall–Kier alpha value is -1.36. The number of nitrogens with one attached hydrogen (secondary N) is 1. The van der Waals surface area contributed by atoms with E-state index in [9.17, 15) is 0 Å². The molecule has 0 aliphatic carbocycles. The van der Waals surface area contributed by atoms with Crippen LogP contribution in [0.4, 0.5) is 11.8 Å². The van der Waals surface area contributed by atoms with E-state index in [1.54, 1.807) is 0 Å². The average Bonchev–Trinajstić information content (AvgIpc) is 2.17. The number of nitrogens with two attached hydrogens (primary N) is 1. The van der Waals surface area contributed by atoms with Crippen LogP contribution in [-0.2, 0) is 4.74 Å². The van der Waals surface area contributed by atoms with Gasteiger partial charge in [0, 0.05) is 31.0 Å². The molecule has 0 bridgehead atoms. The molecule has 5 nitrogen and oxygen atoms in total. The van der Waals surface area contributed by atoms with Gasteiger partial charge >= 0.3 is 0 Å². The van der Waals surface area contributed by atoms with E-state index in [0.29, 0.717) is 12.0 Å². The topological polar surface area (TPSA) is 73.1 Å². The summed E-state index contributed by atoms with van der Waals surface area (Å²) < 4.78 is 5.29. The third-order valence-electron chi connectivity index (χ3n) is 2.44. The number of aromatic nitrogens is 2. The Morgan fingerprint density at radius 3 is 2.80 bits per heavy atom. The predicted octanol–water partition coefficient (Wildman–Crippen LogP) is 0.958. The van der Waals surface area contributed by atoms with Gasteiger partial charge in [-0.25, -0.2) is 4.98 Å². The van der Waals surface area contributed by atoms with Crippen LogP contribution >= 0.6 is 0 Å². The van der Waals surface area contributed by atoms with Crippen LogP contribution in [0.25, 0.3) is 0 Å². The lowest BCUT2D eigenvalue weighted by Gasteiger charge is -2.23. The maximum absolute atomic E-state index is 5.58. The molecule has 82 valence electrons. The van der Waals surface area contributed by atoms with E-state index in [1.165, 1.54) is 0 Å². The van der Waals surface area contributed by atoms with Crippen molar-refractivity contribution < 1.29 is 4.74 Å². The van der Waals surface area contributed by atoms with Crippen molar-refractivity contribution in [1.82, 2.24) is 9.97 Å². The Labute approximate surface area is 89.1 Å². The molecule has 1 aliphatic rings. The molecule has 15 heavy (non-hydrogen) atoms. The van der Waals surface area contributed by atoms with Gasteiger partial charge in [-0.15, -0.1) is 0 Å². The first kappa shape index (κ1) is 10.2. The lowest BCUT2D eigenvalue weighted by molar-refractivity contribution is 0.0904. The minimum Gasteiger partial charge on any atom is -0.381 e. The Bertz CT molecular complexity index is 316. The summed E-state index contributed by atoms with van der Waals surface area (Å²) in [5.74, 6) is 1.14. The first-order chi connectivity index (χ1) is 7.24. The van der Waals surface area contributed by atoms with E-state index in [2.05, 4.69) is 15.3 Å². The molecule has 0 unspecified atom stereocenters. The van der Waals surface area contributed by atoms with Crippen molar-refractivity contribution in [2.75, 3.05) is 24.3 Å². The van der Waals surface area contributed by atoms with Crippen molar-refractivity contribution >= 4 is 11.8 Å². The van der Waals surface area contributed by atoms with E-state index in [4.69, 9.17) is 10.5 Å². The minimum absolute atomic E-state index is 0.324. The Morgan fingerprint density at radius 2 is 2.13 bits per heavy atom. The minimum atomic E-state index is 0.324. The normalized spacial score (nSPS) is 17.7. The average molecular weight is 208 g/mol. The molecule has 1 aromatic rings. The number of hydrogen-bond donors (Lipinski definition) is 2. The van der Waals surface area contributed by atoms with Gasteiger partial charge in [0.2, 0.25) is 5.95 Å². The molecular formula is C10H16N4O. The molecule has 1 aliphatic heterocycles. The summed E-state index contributed by atoms with van der Waals surface area (Å²) >= 11 is 0. The van der Waals surface area contributed by atoms with E-state index in [-0.39, 0.29) is 0 Å². The van der Waals surface area contributed by atoms with Gasteiger partial charge in [0.05, 0.1) is 0 Å². The molecule has 0 atom stereocenters. The van der Waals surface area contributed by atoms with Crippen molar-refractivity contribution in [3.63, 3.8) is 0 Å². The van der Waals surface area contributed by atoms with Crippen LogP contribution in [-0.4, -0.2) is 29.2 Å². The van der Waals surface area contributed by atoms with Gasteiger partial charge in [0.1, 0.15) is 5.82 Å². The molecule has 3 N–H and O–H groups in total.